The first-order chi connectivity index (χ1) is 11.4. The SMILES string of the molecule is CC(C)(c1ccccc1)c1ccccc1.Cc1cccc(C)c1O. The first-order valence-corrected chi connectivity index (χ1v) is 8.29. The third kappa shape index (κ3) is 4.26. The number of benzene rings is 3. The van der Waals surface area contributed by atoms with Crippen LogP contribution in [-0.4, -0.2) is 5.11 Å². The van der Waals surface area contributed by atoms with Crippen molar-refractivity contribution in [3.63, 3.8) is 0 Å². The molecule has 3 aromatic carbocycles. The molecule has 1 heteroatoms. The number of hydrogen-bond acceptors (Lipinski definition) is 1. The standard InChI is InChI=1S/C15H16.C8H10O/c1-15(2,13-9-5-3-6-10-13)14-11-7-4-8-12-14;1-6-4-3-5-7(2)8(6)9/h3-12H,1-2H3;3-5,9H,1-2H3. The van der Waals surface area contributed by atoms with Gasteiger partial charge in [0.05, 0.1) is 0 Å². The fourth-order valence-corrected chi connectivity index (χ4v) is 2.68. The van der Waals surface area contributed by atoms with E-state index in [1.165, 1.54) is 11.1 Å². The topological polar surface area (TPSA) is 20.2 Å². The molecule has 0 bridgehead atoms. The minimum absolute atomic E-state index is 0.0858. The van der Waals surface area contributed by atoms with E-state index in [9.17, 15) is 5.11 Å². The minimum atomic E-state index is 0.0858. The molecule has 0 aromatic heterocycles. The van der Waals surface area contributed by atoms with Crippen LogP contribution in [0.25, 0.3) is 0 Å². The van der Waals surface area contributed by atoms with E-state index >= 15 is 0 Å². The third-order valence-electron chi connectivity index (χ3n) is 4.43. The van der Waals surface area contributed by atoms with Crippen LogP contribution >= 0.6 is 0 Å². The summed E-state index contributed by atoms with van der Waals surface area (Å²) in [6.07, 6.45) is 0. The maximum Gasteiger partial charge on any atom is 0.121 e. The molecule has 0 saturated heterocycles. The number of hydrogen-bond donors (Lipinski definition) is 1. The predicted molar refractivity (Wildman–Crippen MR) is 103 cm³/mol. The molecule has 0 atom stereocenters. The first-order valence-electron chi connectivity index (χ1n) is 8.29. The molecule has 0 heterocycles. The van der Waals surface area contributed by atoms with Gasteiger partial charge in [-0.15, -0.1) is 0 Å². The Hall–Kier alpha value is -2.54. The van der Waals surface area contributed by atoms with Gasteiger partial charge in [0.1, 0.15) is 5.75 Å². The molecule has 0 aliphatic heterocycles. The highest BCUT2D eigenvalue weighted by molar-refractivity contribution is 5.38. The summed E-state index contributed by atoms with van der Waals surface area (Å²) in [5.41, 5.74) is 4.68. The Kier molecular flexibility index (Phi) is 5.81. The van der Waals surface area contributed by atoms with Crippen molar-refractivity contribution in [1.82, 2.24) is 0 Å². The molecular weight excluding hydrogens is 292 g/mol. The molecule has 0 unspecified atom stereocenters. The van der Waals surface area contributed by atoms with E-state index in [4.69, 9.17) is 0 Å². The summed E-state index contributed by atoms with van der Waals surface area (Å²) in [5.74, 6) is 0.414. The van der Waals surface area contributed by atoms with Crippen molar-refractivity contribution in [2.75, 3.05) is 0 Å². The minimum Gasteiger partial charge on any atom is -0.507 e. The van der Waals surface area contributed by atoms with Crippen LogP contribution in [-0.2, 0) is 5.41 Å². The molecule has 3 rings (SSSR count). The second kappa shape index (κ2) is 7.83. The lowest BCUT2D eigenvalue weighted by atomic mass is 9.78. The molecule has 0 radical (unpaired) electrons. The third-order valence-corrected chi connectivity index (χ3v) is 4.43. The summed E-state index contributed by atoms with van der Waals surface area (Å²) in [4.78, 5) is 0. The number of para-hydroxylation sites is 1. The normalized spacial score (nSPS) is 10.7. The second-order valence-electron chi connectivity index (χ2n) is 6.60. The van der Waals surface area contributed by atoms with Crippen LogP contribution in [0.3, 0.4) is 0 Å². The van der Waals surface area contributed by atoms with E-state index in [2.05, 4.69) is 74.5 Å². The first kappa shape index (κ1) is 17.8. The Labute approximate surface area is 145 Å². The van der Waals surface area contributed by atoms with Crippen LogP contribution in [0.15, 0.2) is 78.9 Å². The van der Waals surface area contributed by atoms with E-state index in [1.54, 1.807) is 0 Å². The average molecular weight is 318 g/mol. The number of rotatable bonds is 2. The molecule has 124 valence electrons. The van der Waals surface area contributed by atoms with Crippen molar-refractivity contribution in [3.05, 3.63) is 101 Å². The Morgan fingerprint density at radius 3 is 1.29 bits per heavy atom. The van der Waals surface area contributed by atoms with E-state index in [0.29, 0.717) is 5.75 Å². The van der Waals surface area contributed by atoms with Crippen molar-refractivity contribution in [3.8, 4) is 5.75 Å². The lowest BCUT2D eigenvalue weighted by Gasteiger charge is -2.25. The summed E-state index contributed by atoms with van der Waals surface area (Å²) in [6, 6.07) is 27.0. The molecule has 0 spiro atoms. The van der Waals surface area contributed by atoms with Crippen LogP contribution < -0.4 is 0 Å². The van der Waals surface area contributed by atoms with Crippen molar-refractivity contribution in [2.45, 2.75) is 33.1 Å². The van der Waals surface area contributed by atoms with Gasteiger partial charge in [0.25, 0.3) is 0 Å². The number of aromatic hydroxyl groups is 1. The van der Waals surface area contributed by atoms with Crippen LogP contribution in [0.4, 0.5) is 0 Å². The summed E-state index contributed by atoms with van der Waals surface area (Å²) < 4.78 is 0. The van der Waals surface area contributed by atoms with Gasteiger partial charge in [0, 0.05) is 5.41 Å². The molecule has 1 nitrogen and oxygen atoms in total. The van der Waals surface area contributed by atoms with Crippen molar-refractivity contribution < 1.29 is 5.11 Å². The van der Waals surface area contributed by atoms with Gasteiger partial charge >= 0.3 is 0 Å². The zero-order valence-electron chi connectivity index (χ0n) is 15.0. The van der Waals surface area contributed by atoms with Gasteiger partial charge in [-0.25, -0.2) is 0 Å². The van der Waals surface area contributed by atoms with Crippen LogP contribution in [0.1, 0.15) is 36.1 Å². The smallest absolute Gasteiger partial charge is 0.121 e. The average Bonchev–Trinajstić information content (AvgIpc) is 2.62. The summed E-state index contributed by atoms with van der Waals surface area (Å²) >= 11 is 0. The summed E-state index contributed by atoms with van der Waals surface area (Å²) in [7, 11) is 0. The molecule has 0 amide bonds. The predicted octanol–water partition coefficient (Wildman–Crippen LogP) is 6.02. The molecule has 0 aliphatic carbocycles. The fraction of sp³-hybridized carbons (Fsp3) is 0.217. The van der Waals surface area contributed by atoms with Gasteiger partial charge in [-0.3, -0.25) is 0 Å². The van der Waals surface area contributed by atoms with Gasteiger partial charge < -0.3 is 5.11 Å². The van der Waals surface area contributed by atoms with E-state index in [0.717, 1.165) is 11.1 Å². The highest BCUT2D eigenvalue weighted by Gasteiger charge is 2.21. The summed E-state index contributed by atoms with van der Waals surface area (Å²) in [6.45, 7) is 8.31. The number of phenols is 1. The fourth-order valence-electron chi connectivity index (χ4n) is 2.68. The van der Waals surface area contributed by atoms with E-state index in [-0.39, 0.29) is 5.41 Å². The van der Waals surface area contributed by atoms with E-state index in [1.807, 2.05) is 32.0 Å². The second-order valence-corrected chi connectivity index (χ2v) is 6.60. The van der Waals surface area contributed by atoms with Gasteiger partial charge in [0.15, 0.2) is 0 Å². The van der Waals surface area contributed by atoms with Crippen molar-refractivity contribution in [1.29, 1.82) is 0 Å². The molecular formula is C23H26O. The lowest BCUT2D eigenvalue weighted by Crippen LogP contribution is -2.18. The van der Waals surface area contributed by atoms with Crippen LogP contribution in [0, 0.1) is 13.8 Å². The van der Waals surface area contributed by atoms with Crippen LogP contribution in [0.5, 0.6) is 5.75 Å². The highest BCUT2D eigenvalue weighted by atomic mass is 16.3. The molecule has 3 aromatic rings. The Morgan fingerprint density at radius 2 is 0.958 bits per heavy atom. The van der Waals surface area contributed by atoms with E-state index < -0.39 is 0 Å². The maximum atomic E-state index is 9.21. The molecule has 0 fully saturated rings. The quantitative estimate of drug-likeness (QED) is 0.612. The largest absolute Gasteiger partial charge is 0.507 e. The van der Waals surface area contributed by atoms with Gasteiger partial charge in [-0.05, 0) is 36.1 Å². The monoisotopic (exact) mass is 318 g/mol. The van der Waals surface area contributed by atoms with Crippen molar-refractivity contribution >= 4 is 0 Å². The van der Waals surface area contributed by atoms with Crippen molar-refractivity contribution in [2.24, 2.45) is 0 Å². The van der Waals surface area contributed by atoms with Gasteiger partial charge in [-0.2, -0.15) is 0 Å². The Balaban J connectivity index is 0.000000198. The molecule has 0 saturated carbocycles. The molecule has 0 aliphatic rings. The molecule has 1 N–H and O–H groups in total. The lowest BCUT2D eigenvalue weighted by molar-refractivity contribution is 0.467. The van der Waals surface area contributed by atoms with Gasteiger partial charge in [0.2, 0.25) is 0 Å². The number of aryl methyl sites for hydroxylation is 2. The summed E-state index contributed by atoms with van der Waals surface area (Å²) in [5, 5.41) is 9.21. The molecule has 24 heavy (non-hydrogen) atoms. The zero-order valence-corrected chi connectivity index (χ0v) is 15.0. The maximum absolute atomic E-state index is 9.21. The highest BCUT2D eigenvalue weighted by Crippen LogP contribution is 2.30. The number of phenolic OH excluding ortho intramolecular Hbond substituents is 1. The van der Waals surface area contributed by atoms with Gasteiger partial charge in [-0.1, -0.05) is 92.7 Å². The zero-order chi connectivity index (χ0) is 17.6. The Morgan fingerprint density at radius 1 is 0.583 bits per heavy atom. The Bertz CT molecular complexity index is 697. The van der Waals surface area contributed by atoms with Crippen LogP contribution in [0.2, 0.25) is 0 Å².